The summed E-state index contributed by atoms with van der Waals surface area (Å²) in [5.74, 6) is -0.0968. The molecule has 0 amide bonds. The Morgan fingerprint density at radius 3 is 3.00 bits per heavy atom. The molecule has 0 bridgehead atoms. The van der Waals surface area contributed by atoms with Crippen molar-refractivity contribution in [1.29, 1.82) is 0 Å². The minimum absolute atomic E-state index is 0.0968. The average molecular weight is 214 g/mol. The number of nitrogens with zero attached hydrogens (tertiary/aromatic N) is 1. The second-order valence-corrected chi connectivity index (χ2v) is 4.02. The fourth-order valence-corrected chi connectivity index (χ4v) is 2.22. The van der Waals surface area contributed by atoms with Gasteiger partial charge in [0.25, 0.3) is 0 Å². The number of carbonyl (C=O) groups is 1. The van der Waals surface area contributed by atoms with Gasteiger partial charge < -0.3 is 10.1 Å². The molecule has 1 aliphatic rings. The van der Waals surface area contributed by atoms with Gasteiger partial charge in [0.05, 0.1) is 6.61 Å². The first-order valence-corrected chi connectivity index (χ1v) is 5.77. The Labute approximate surface area is 92.0 Å². The standard InChI is InChI=1S/C11H22N2O2/c1-4-15-11(14)9(2)13-7-5-6-10(13)8-12-3/h9-10,12H,4-8H2,1-3H3. The van der Waals surface area contributed by atoms with E-state index < -0.39 is 0 Å². The van der Waals surface area contributed by atoms with Gasteiger partial charge in [0.1, 0.15) is 6.04 Å². The number of nitrogens with one attached hydrogen (secondary N) is 1. The van der Waals surface area contributed by atoms with Crippen LogP contribution in [0.3, 0.4) is 0 Å². The van der Waals surface area contributed by atoms with Gasteiger partial charge in [0.2, 0.25) is 0 Å². The summed E-state index contributed by atoms with van der Waals surface area (Å²) in [6, 6.07) is 0.375. The van der Waals surface area contributed by atoms with Crippen LogP contribution in [0.2, 0.25) is 0 Å². The summed E-state index contributed by atoms with van der Waals surface area (Å²) >= 11 is 0. The second kappa shape index (κ2) is 6.08. The quantitative estimate of drug-likeness (QED) is 0.681. The molecule has 15 heavy (non-hydrogen) atoms. The summed E-state index contributed by atoms with van der Waals surface area (Å²) in [7, 11) is 1.95. The smallest absolute Gasteiger partial charge is 0.323 e. The van der Waals surface area contributed by atoms with Gasteiger partial charge in [-0.2, -0.15) is 0 Å². The van der Waals surface area contributed by atoms with E-state index in [1.807, 2.05) is 20.9 Å². The first kappa shape index (κ1) is 12.5. The molecule has 88 valence electrons. The molecule has 1 aliphatic heterocycles. The van der Waals surface area contributed by atoms with E-state index in [4.69, 9.17) is 4.74 Å². The molecule has 0 aromatic heterocycles. The summed E-state index contributed by atoms with van der Waals surface area (Å²) in [5, 5.41) is 3.17. The zero-order valence-electron chi connectivity index (χ0n) is 9.95. The maximum atomic E-state index is 11.6. The third kappa shape index (κ3) is 3.18. The number of esters is 1. The summed E-state index contributed by atoms with van der Waals surface area (Å²) in [6.07, 6.45) is 2.35. The highest BCUT2D eigenvalue weighted by atomic mass is 16.5. The molecule has 1 fully saturated rings. The Balaban J connectivity index is 2.49. The van der Waals surface area contributed by atoms with E-state index in [9.17, 15) is 4.79 Å². The van der Waals surface area contributed by atoms with Gasteiger partial charge in [-0.15, -0.1) is 0 Å². The molecule has 2 atom stereocenters. The van der Waals surface area contributed by atoms with E-state index in [2.05, 4.69) is 10.2 Å². The molecule has 0 radical (unpaired) electrons. The van der Waals surface area contributed by atoms with Gasteiger partial charge in [0.15, 0.2) is 0 Å². The number of hydrogen-bond acceptors (Lipinski definition) is 4. The predicted octanol–water partition coefficient (Wildman–Crippen LogP) is 0.622. The van der Waals surface area contributed by atoms with Gasteiger partial charge >= 0.3 is 5.97 Å². The van der Waals surface area contributed by atoms with E-state index in [1.54, 1.807) is 0 Å². The lowest BCUT2D eigenvalue weighted by Gasteiger charge is -2.28. The van der Waals surface area contributed by atoms with Crippen molar-refractivity contribution in [3.8, 4) is 0 Å². The van der Waals surface area contributed by atoms with Gasteiger partial charge in [-0.1, -0.05) is 0 Å². The summed E-state index contributed by atoms with van der Waals surface area (Å²) in [4.78, 5) is 13.8. The lowest BCUT2D eigenvalue weighted by atomic mass is 10.2. The SMILES string of the molecule is CCOC(=O)C(C)N1CCCC1CNC. The van der Waals surface area contributed by atoms with Crippen LogP contribution in [-0.4, -0.2) is 49.7 Å². The average Bonchev–Trinajstić information content (AvgIpc) is 2.66. The molecule has 4 heteroatoms. The van der Waals surface area contributed by atoms with Crippen LogP contribution in [-0.2, 0) is 9.53 Å². The molecule has 4 nitrogen and oxygen atoms in total. The van der Waals surface area contributed by atoms with Crippen LogP contribution in [0.4, 0.5) is 0 Å². The molecule has 1 saturated heterocycles. The van der Waals surface area contributed by atoms with Crippen molar-refractivity contribution in [3.05, 3.63) is 0 Å². The third-order valence-corrected chi connectivity index (χ3v) is 2.99. The number of hydrogen-bond donors (Lipinski definition) is 1. The first-order chi connectivity index (χ1) is 7.20. The van der Waals surface area contributed by atoms with Gasteiger partial charge in [-0.05, 0) is 40.3 Å². The summed E-state index contributed by atoms with van der Waals surface area (Å²) in [5.41, 5.74) is 0. The van der Waals surface area contributed by atoms with E-state index in [1.165, 1.54) is 12.8 Å². The lowest BCUT2D eigenvalue weighted by molar-refractivity contribution is -0.149. The van der Waals surface area contributed by atoms with Crippen molar-refractivity contribution in [2.24, 2.45) is 0 Å². The summed E-state index contributed by atoms with van der Waals surface area (Å²) in [6.45, 7) is 6.20. The largest absolute Gasteiger partial charge is 0.465 e. The fourth-order valence-electron chi connectivity index (χ4n) is 2.22. The molecule has 1 heterocycles. The topological polar surface area (TPSA) is 41.6 Å². The Morgan fingerprint density at radius 2 is 2.40 bits per heavy atom. The van der Waals surface area contributed by atoms with E-state index in [0.717, 1.165) is 13.1 Å². The van der Waals surface area contributed by atoms with Crippen molar-refractivity contribution in [1.82, 2.24) is 10.2 Å². The maximum absolute atomic E-state index is 11.6. The highest BCUT2D eigenvalue weighted by Crippen LogP contribution is 2.20. The number of rotatable bonds is 5. The molecule has 0 aromatic carbocycles. The number of ether oxygens (including phenoxy) is 1. The molecule has 0 spiro atoms. The maximum Gasteiger partial charge on any atom is 0.323 e. The Morgan fingerprint density at radius 1 is 1.67 bits per heavy atom. The summed E-state index contributed by atoms with van der Waals surface area (Å²) < 4.78 is 5.04. The monoisotopic (exact) mass is 214 g/mol. The van der Waals surface area contributed by atoms with E-state index >= 15 is 0 Å². The molecule has 0 saturated carbocycles. The van der Waals surface area contributed by atoms with Crippen LogP contribution in [0.1, 0.15) is 26.7 Å². The van der Waals surface area contributed by atoms with Crippen molar-refractivity contribution in [3.63, 3.8) is 0 Å². The zero-order valence-corrected chi connectivity index (χ0v) is 9.95. The number of likely N-dealkylation sites (tertiary alicyclic amines) is 1. The first-order valence-electron chi connectivity index (χ1n) is 5.77. The van der Waals surface area contributed by atoms with Gasteiger partial charge in [-0.3, -0.25) is 9.69 Å². The van der Waals surface area contributed by atoms with Crippen LogP contribution in [0.5, 0.6) is 0 Å². The van der Waals surface area contributed by atoms with Crippen LogP contribution in [0.25, 0.3) is 0 Å². The third-order valence-electron chi connectivity index (χ3n) is 2.99. The Bertz CT molecular complexity index is 209. The van der Waals surface area contributed by atoms with Crippen molar-refractivity contribution >= 4 is 5.97 Å². The molecule has 1 N–H and O–H groups in total. The van der Waals surface area contributed by atoms with Crippen molar-refractivity contribution in [2.45, 2.75) is 38.8 Å². The number of likely N-dealkylation sites (N-methyl/N-ethyl adjacent to an activating group) is 1. The molecular formula is C11H22N2O2. The van der Waals surface area contributed by atoms with E-state index in [-0.39, 0.29) is 12.0 Å². The van der Waals surface area contributed by atoms with Crippen LogP contribution < -0.4 is 5.32 Å². The van der Waals surface area contributed by atoms with Crippen LogP contribution in [0, 0.1) is 0 Å². The minimum Gasteiger partial charge on any atom is -0.465 e. The fraction of sp³-hybridized carbons (Fsp3) is 0.909. The van der Waals surface area contributed by atoms with E-state index in [0.29, 0.717) is 12.6 Å². The number of carbonyl (C=O) groups excluding carboxylic acids is 1. The van der Waals surface area contributed by atoms with Crippen LogP contribution >= 0.6 is 0 Å². The van der Waals surface area contributed by atoms with Gasteiger partial charge in [-0.25, -0.2) is 0 Å². The zero-order chi connectivity index (χ0) is 11.3. The highest BCUT2D eigenvalue weighted by molar-refractivity contribution is 5.75. The minimum atomic E-state index is -0.106. The lowest BCUT2D eigenvalue weighted by Crippen LogP contribution is -2.46. The van der Waals surface area contributed by atoms with Crippen molar-refractivity contribution in [2.75, 3.05) is 26.7 Å². The molecule has 1 rings (SSSR count). The molecule has 2 unspecified atom stereocenters. The Kier molecular flexibility index (Phi) is 5.05. The molecule has 0 aliphatic carbocycles. The van der Waals surface area contributed by atoms with Crippen LogP contribution in [0.15, 0.2) is 0 Å². The Hall–Kier alpha value is -0.610. The highest BCUT2D eigenvalue weighted by Gasteiger charge is 2.31. The van der Waals surface area contributed by atoms with Gasteiger partial charge in [0, 0.05) is 12.6 Å². The molecular weight excluding hydrogens is 192 g/mol. The van der Waals surface area contributed by atoms with Crippen molar-refractivity contribution < 1.29 is 9.53 Å². The predicted molar refractivity (Wildman–Crippen MR) is 59.7 cm³/mol. The molecule has 0 aromatic rings. The normalized spacial score (nSPS) is 24.1. The second-order valence-electron chi connectivity index (χ2n) is 4.02.